The Labute approximate surface area is 250 Å². The van der Waals surface area contributed by atoms with Gasteiger partial charge in [-0.05, 0) is 86.5 Å². The van der Waals surface area contributed by atoms with Gasteiger partial charge < -0.3 is 40.2 Å². The molecular weight excluding hydrogens is 556 g/mol. The van der Waals surface area contributed by atoms with Gasteiger partial charge in [0, 0.05) is 0 Å². The van der Waals surface area contributed by atoms with E-state index in [0.29, 0.717) is 21.7 Å². The number of rotatable bonds is 0. The van der Waals surface area contributed by atoms with Crippen molar-refractivity contribution in [1.82, 2.24) is 10.6 Å². The summed E-state index contributed by atoms with van der Waals surface area (Å²) in [7, 11) is 0. The van der Waals surface area contributed by atoms with Crippen LogP contribution in [0.15, 0.2) is 95.7 Å². The highest BCUT2D eigenvalue weighted by Crippen LogP contribution is 2.34. The molecule has 1 spiro atoms. The van der Waals surface area contributed by atoms with Crippen LogP contribution in [0.5, 0.6) is 11.5 Å². The standard InChI is InChI=1S/C31H32N4O4S2/c40-29-32-21-9-1-5-13-25(21)36-17-31(18-37-26-14-6-2-10-22(26)33-29)19-38-27-15-7-3-11-23(27)34-30(41)35-24-12-4-8-16-28(24)39-20-31/h1,3,5,7,9-16H,2,4,6,8,17-20H2,(H2,32,33,40)(H2,34,35,41). The Bertz CT molecular complexity index is 1360. The van der Waals surface area contributed by atoms with Crippen molar-refractivity contribution < 1.29 is 18.9 Å². The van der Waals surface area contributed by atoms with Crippen molar-refractivity contribution in [3.05, 3.63) is 95.7 Å². The molecule has 41 heavy (non-hydrogen) atoms. The molecule has 4 aliphatic rings. The van der Waals surface area contributed by atoms with Crippen molar-refractivity contribution in [3.8, 4) is 11.5 Å². The molecule has 6 rings (SSSR count). The van der Waals surface area contributed by atoms with Gasteiger partial charge in [-0.3, -0.25) is 0 Å². The van der Waals surface area contributed by atoms with Crippen LogP contribution in [0.1, 0.15) is 25.7 Å². The van der Waals surface area contributed by atoms with E-state index in [9.17, 15) is 0 Å². The first kappa shape index (κ1) is 27.2. The molecule has 2 aromatic rings. The van der Waals surface area contributed by atoms with E-state index < -0.39 is 5.41 Å². The third-order valence-electron chi connectivity index (χ3n) is 7.12. The Morgan fingerprint density at radius 3 is 1.41 bits per heavy atom. The molecule has 0 fully saturated rings. The number of allylic oxidation sites excluding steroid dienone is 4. The third-order valence-corrected chi connectivity index (χ3v) is 7.53. The number of hydrogen-bond acceptors (Lipinski definition) is 6. The van der Waals surface area contributed by atoms with E-state index in [1.807, 2.05) is 48.5 Å². The Morgan fingerprint density at radius 1 is 0.512 bits per heavy atom. The maximum absolute atomic E-state index is 6.53. The highest BCUT2D eigenvalue weighted by molar-refractivity contribution is 7.80. The van der Waals surface area contributed by atoms with Crippen molar-refractivity contribution in [3.63, 3.8) is 0 Å². The molecule has 2 aliphatic heterocycles. The van der Waals surface area contributed by atoms with Crippen LogP contribution in [0.4, 0.5) is 11.4 Å². The van der Waals surface area contributed by atoms with E-state index in [2.05, 4.69) is 45.6 Å². The minimum absolute atomic E-state index is 0.270. The predicted molar refractivity (Wildman–Crippen MR) is 168 cm³/mol. The quantitative estimate of drug-likeness (QED) is 0.280. The van der Waals surface area contributed by atoms with Crippen molar-refractivity contribution in [2.24, 2.45) is 5.41 Å². The Balaban J connectivity index is 1.39. The lowest BCUT2D eigenvalue weighted by Gasteiger charge is -2.36. The summed E-state index contributed by atoms with van der Waals surface area (Å²) >= 11 is 11.2. The number of para-hydroxylation sites is 4. The van der Waals surface area contributed by atoms with E-state index in [0.717, 1.165) is 60.0 Å². The van der Waals surface area contributed by atoms with Gasteiger partial charge in [-0.1, -0.05) is 36.4 Å². The molecular formula is C31H32N4O4S2. The van der Waals surface area contributed by atoms with Gasteiger partial charge in [-0.2, -0.15) is 0 Å². The number of fused-ring (bicyclic) bond motifs is 4. The first-order valence-corrected chi connectivity index (χ1v) is 14.6. The molecule has 0 saturated heterocycles. The summed E-state index contributed by atoms with van der Waals surface area (Å²) in [5, 5.41) is 14.1. The van der Waals surface area contributed by atoms with E-state index in [1.54, 1.807) is 0 Å². The summed E-state index contributed by atoms with van der Waals surface area (Å²) in [6, 6.07) is 15.5. The van der Waals surface area contributed by atoms with Gasteiger partial charge >= 0.3 is 0 Å². The Hall–Kier alpha value is -4.02. The van der Waals surface area contributed by atoms with Crippen LogP contribution in [0.25, 0.3) is 0 Å². The summed E-state index contributed by atoms with van der Waals surface area (Å²) < 4.78 is 26.0. The lowest BCUT2D eigenvalue weighted by atomic mass is 9.91. The Morgan fingerprint density at radius 2 is 0.927 bits per heavy atom. The average molecular weight is 589 g/mol. The zero-order chi connectivity index (χ0) is 28.1. The number of nitrogens with one attached hydrogen (secondary N) is 4. The number of thiocarbonyl (C=S) groups is 2. The van der Waals surface area contributed by atoms with Crippen molar-refractivity contribution in [2.75, 3.05) is 37.1 Å². The molecule has 4 N–H and O–H groups in total. The zero-order valence-electron chi connectivity index (χ0n) is 22.5. The molecule has 2 aromatic carbocycles. The van der Waals surface area contributed by atoms with E-state index >= 15 is 0 Å². The van der Waals surface area contributed by atoms with Crippen LogP contribution in [0.2, 0.25) is 0 Å². The van der Waals surface area contributed by atoms with Gasteiger partial charge in [0.25, 0.3) is 0 Å². The fourth-order valence-corrected chi connectivity index (χ4v) is 5.36. The molecule has 0 amide bonds. The number of ether oxygens (including phenoxy) is 4. The fourth-order valence-electron chi connectivity index (χ4n) is 4.92. The minimum Gasteiger partial charge on any atom is -0.491 e. The second-order valence-corrected chi connectivity index (χ2v) is 11.1. The summed E-state index contributed by atoms with van der Waals surface area (Å²) in [6.07, 6.45) is 12.0. The molecule has 8 nitrogen and oxygen atoms in total. The van der Waals surface area contributed by atoms with Gasteiger partial charge in [0.15, 0.2) is 10.2 Å². The normalized spacial score (nSPS) is 20.4. The first-order valence-electron chi connectivity index (χ1n) is 13.7. The average Bonchev–Trinajstić information content (AvgIpc) is 2.98. The molecule has 0 radical (unpaired) electrons. The molecule has 2 aliphatic carbocycles. The maximum Gasteiger partial charge on any atom is 0.175 e. The predicted octanol–water partition coefficient (Wildman–Crippen LogP) is 5.89. The van der Waals surface area contributed by atoms with Crippen molar-refractivity contribution in [2.45, 2.75) is 25.7 Å². The summed E-state index contributed by atoms with van der Waals surface area (Å²) in [6.45, 7) is 1.11. The molecule has 0 saturated carbocycles. The van der Waals surface area contributed by atoms with Crippen LogP contribution in [0.3, 0.4) is 0 Å². The molecule has 212 valence electrons. The highest BCUT2D eigenvalue weighted by Gasteiger charge is 2.38. The molecule has 0 aromatic heterocycles. The second kappa shape index (κ2) is 12.2. The highest BCUT2D eigenvalue weighted by atomic mass is 32.1. The van der Waals surface area contributed by atoms with E-state index in [-0.39, 0.29) is 26.4 Å². The maximum atomic E-state index is 6.53. The molecule has 0 bridgehead atoms. The summed E-state index contributed by atoms with van der Waals surface area (Å²) in [4.78, 5) is 0. The number of hydrogen-bond donors (Lipinski definition) is 4. The lowest BCUT2D eigenvalue weighted by molar-refractivity contribution is -0.0366. The number of anilines is 2. The van der Waals surface area contributed by atoms with Crippen LogP contribution in [0, 0.1) is 5.41 Å². The summed E-state index contributed by atoms with van der Waals surface area (Å²) in [5.74, 6) is 2.82. The molecule has 0 unspecified atom stereocenters. The van der Waals surface area contributed by atoms with Crippen molar-refractivity contribution in [1.29, 1.82) is 0 Å². The van der Waals surface area contributed by atoms with Crippen LogP contribution < -0.4 is 30.7 Å². The smallest absolute Gasteiger partial charge is 0.175 e. The van der Waals surface area contributed by atoms with Crippen LogP contribution in [-0.2, 0) is 9.47 Å². The van der Waals surface area contributed by atoms with E-state index in [1.165, 1.54) is 0 Å². The fraction of sp³-hybridized carbons (Fsp3) is 0.290. The first-order chi connectivity index (χ1) is 20.1. The van der Waals surface area contributed by atoms with Gasteiger partial charge in [-0.25, -0.2) is 0 Å². The van der Waals surface area contributed by atoms with Gasteiger partial charge in [0.1, 0.15) is 54.9 Å². The molecule has 2 heterocycles. The second-order valence-electron chi connectivity index (χ2n) is 10.3. The third kappa shape index (κ3) is 6.49. The summed E-state index contributed by atoms with van der Waals surface area (Å²) in [5.41, 5.74) is 2.51. The topological polar surface area (TPSA) is 85.0 Å². The van der Waals surface area contributed by atoms with Crippen LogP contribution >= 0.6 is 24.4 Å². The lowest BCUT2D eigenvalue weighted by Crippen LogP contribution is -2.45. The monoisotopic (exact) mass is 588 g/mol. The molecule has 0 atom stereocenters. The van der Waals surface area contributed by atoms with E-state index in [4.69, 9.17) is 43.4 Å². The van der Waals surface area contributed by atoms with Gasteiger partial charge in [-0.15, -0.1) is 0 Å². The largest absolute Gasteiger partial charge is 0.491 e. The van der Waals surface area contributed by atoms with Gasteiger partial charge in [0.2, 0.25) is 0 Å². The molecule has 10 heteroatoms. The Kier molecular flexibility index (Phi) is 8.11. The van der Waals surface area contributed by atoms with Crippen molar-refractivity contribution >= 4 is 46.0 Å². The van der Waals surface area contributed by atoms with Crippen LogP contribution in [-0.4, -0.2) is 36.7 Å². The van der Waals surface area contributed by atoms with Gasteiger partial charge in [0.05, 0.1) is 22.8 Å². The minimum atomic E-state index is -0.702. The SMILES string of the molecule is S=C1NC2=CCCC=C2OCC2(COC3=CCCC=C3NC(=S)Nc3ccccc3OC2)COc2ccccc2N1. The number of benzene rings is 2. The zero-order valence-corrected chi connectivity index (χ0v) is 24.2.